The Kier molecular flexibility index (Phi) is 2.61. The minimum Gasteiger partial charge on any atom is -0.506 e. The minimum absolute atomic E-state index is 0.107. The van der Waals surface area contributed by atoms with E-state index in [1.165, 1.54) is 6.26 Å². The van der Waals surface area contributed by atoms with Gasteiger partial charge in [0.15, 0.2) is 0 Å². The molecule has 0 amide bonds. The van der Waals surface area contributed by atoms with E-state index >= 15 is 0 Å². The molecule has 0 aliphatic heterocycles. The van der Waals surface area contributed by atoms with Crippen LogP contribution in [-0.2, 0) is 0 Å². The van der Waals surface area contributed by atoms with Crippen LogP contribution in [0.4, 0.5) is 0 Å². The summed E-state index contributed by atoms with van der Waals surface area (Å²) < 4.78 is 5.28. The summed E-state index contributed by atoms with van der Waals surface area (Å²) in [6.45, 7) is 1.85. The molecule has 5 heteroatoms. The Morgan fingerprint density at radius 2 is 2.11 bits per heavy atom. The topological polar surface area (TPSA) is 66.2 Å². The number of benzene rings is 1. The fraction of sp³-hybridized carbons (Fsp3) is 0.0714. The number of halogens is 1. The summed E-state index contributed by atoms with van der Waals surface area (Å²) in [6.07, 6.45) is 1.53. The standard InChI is InChI=1S/C14H10ClNO3/c1-7-4-11(19-6-7)12-13(17)9-3-2-8(15)5-10(9)16-14(12)18/h2-6H,1H3,(H2,16,17,18). The number of aromatic amines is 1. The van der Waals surface area contributed by atoms with Gasteiger partial charge in [-0.1, -0.05) is 11.6 Å². The molecule has 0 aliphatic rings. The number of aromatic nitrogens is 1. The van der Waals surface area contributed by atoms with Crippen LogP contribution in [0, 0.1) is 6.92 Å². The third kappa shape index (κ3) is 1.90. The third-order valence-electron chi connectivity index (χ3n) is 2.93. The minimum atomic E-state index is -0.415. The number of rotatable bonds is 1. The zero-order valence-electron chi connectivity index (χ0n) is 10.0. The van der Waals surface area contributed by atoms with Crippen LogP contribution < -0.4 is 5.56 Å². The van der Waals surface area contributed by atoms with Crippen LogP contribution in [0.25, 0.3) is 22.2 Å². The molecule has 0 saturated heterocycles. The Hall–Kier alpha value is -2.20. The number of nitrogens with one attached hydrogen (secondary N) is 1. The van der Waals surface area contributed by atoms with Crippen LogP contribution in [0.5, 0.6) is 5.75 Å². The van der Waals surface area contributed by atoms with E-state index in [4.69, 9.17) is 16.0 Å². The first-order valence-electron chi connectivity index (χ1n) is 5.66. The summed E-state index contributed by atoms with van der Waals surface area (Å²) in [5.41, 5.74) is 1.08. The maximum Gasteiger partial charge on any atom is 0.263 e. The van der Waals surface area contributed by atoms with E-state index in [0.29, 0.717) is 21.7 Å². The third-order valence-corrected chi connectivity index (χ3v) is 3.16. The van der Waals surface area contributed by atoms with Crippen molar-refractivity contribution in [1.82, 2.24) is 4.98 Å². The summed E-state index contributed by atoms with van der Waals surface area (Å²) >= 11 is 5.86. The lowest BCUT2D eigenvalue weighted by molar-refractivity contribution is 0.478. The molecule has 0 fully saturated rings. The van der Waals surface area contributed by atoms with Crippen molar-refractivity contribution >= 4 is 22.5 Å². The Labute approximate surface area is 113 Å². The highest BCUT2D eigenvalue weighted by atomic mass is 35.5. The van der Waals surface area contributed by atoms with E-state index in [-0.39, 0.29) is 11.3 Å². The summed E-state index contributed by atoms with van der Waals surface area (Å²) in [5.74, 6) is 0.234. The first kappa shape index (κ1) is 11.9. The largest absolute Gasteiger partial charge is 0.506 e. The molecular formula is C14H10ClNO3. The van der Waals surface area contributed by atoms with Gasteiger partial charge in [-0.05, 0) is 36.8 Å². The molecule has 96 valence electrons. The van der Waals surface area contributed by atoms with Gasteiger partial charge in [-0.15, -0.1) is 0 Å². The van der Waals surface area contributed by atoms with Gasteiger partial charge in [0.1, 0.15) is 17.1 Å². The number of fused-ring (bicyclic) bond motifs is 1. The van der Waals surface area contributed by atoms with Gasteiger partial charge in [-0.25, -0.2) is 0 Å². The maximum atomic E-state index is 12.1. The summed E-state index contributed by atoms with van der Waals surface area (Å²) in [4.78, 5) is 14.7. The lowest BCUT2D eigenvalue weighted by Gasteiger charge is -2.05. The van der Waals surface area contributed by atoms with Gasteiger partial charge < -0.3 is 14.5 Å². The molecule has 2 heterocycles. The van der Waals surface area contributed by atoms with Crippen LogP contribution in [0.1, 0.15) is 5.56 Å². The van der Waals surface area contributed by atoms with Gasteiger partial charge in [0.25, 0.3) is 5.56 Å². The molecule has 3 rings (SSSR count). The van der Waals surface area contributed by atoms with Gasteiger partial charge >= 0.3 is 0 Å². The van der Waals surface area contributed by atoms with Crippen LogP contribution in [0.2, 0.25) is 5.02 Å². The summed E-state index contributed by atoms with van der Waals surface area (Å²) in [6, 6.07) is 6.60. The molecule has 0 spiro atoms. The lowest BCUT2D eigenvalue weighted by atomic mass is 10.1. The second kappa shape index (κ2) is 4.17. The average molecular weight is 276 g/mol. The van der Waals surface area contributed by atoms with Crippen molar-refractivity contribution in [1.29, 1.82) is 0 Å². The normalized spacial score (nSPS) is 11.1. The molecule has 0 saturated carbocycles. The van der Waals surface area contributed by atoms with Gasteiger partial charge in [0.05, 0.1) is 11.8 Å². The summed E-state index contributed by atoms with van der Waals surface area (Å²) in [7, 11) is 0. The first-order chi connectivity index (χ1) is 9.06. The highest BCUT2D eigenvalue weighted by Crippen LogP contribution is 2.33. The number of furan rings is 1. The lowest BCUT2D eigenvalue weighted by Crippen LogP contribution is -2.08. The second-order valence-corrected chi connectivity index (χ2v) is 4.79. The van der Waals surface area contributed by atoms with Crippen molar-refractivity contribution in [2.45, 2.75) is 6.92 Å². The Balaban J connectivity index is 2.38. The van der Waals surface area contributed by atoms with Crippen molar-refractivity contribution in [3.63, 3.8) is 0 Å². The van der Waals surface area contributed by atoms with Crippen LogP contribution in [0.3, 0.4) is 0 Å². The number of pyridine rings is 1. The molecule has 0 unspecified atom stereocenters. The smallest absolute Gasteiger partial charge is 0.263 e. The number of H-pyrrole nitrogens is 1. The quantitative estimate of drug-likeness (QED) is 0.715. The van der Waals surface area contributed by atoms with E-state index in [9.17, 15) is 9.90 Å². The maximum absolute atomic E-state index is 12.1. The van der Waals surface area contributed by atoms with Crippen LogP contribution in [-0.4, -0.2) is 10.1 Å². The Morgan fingerprint density at radius 1 is 1.32 bits per heavy atom. The number of hydrogen-bond donors (Lipinski definition) is 2. The Bertz CT molecular complexity index is 832. The molecule has 0 atom stereocenters. The molecule has 0 aliphatic carbocycles. The molecular weight excluding hydrogens is 266 g/mol. The predicted molar refractivity (Wildman–Crippen MR) is 73.7 cm³/mol. The molecule has 19 heavy (non-hydrogen) atoms. The average Bonchev–Trinajstić information content (AvgIpc) is 2.75. The molecule has 0 radical (unpaired) electrons. The molecule has 2 N–H and O–H groups in total. The fourth-order valence-electron chi connectivity index (χ4n) is 2.04. The van der Waals surface area contributed by atoms with Crippen molar-refractivity contribution < 1.29 is 9.52 Å². The van der Waals surface area contributed by atoms with E-state index in [0.717, 1.165) is 5.56 Å². The predicted octanol–water partition coefficient (Wildman–Crippen LogP) is 3.46. The van der Waals surface area contributed by atoms with Gasteiger partial charge in [0, 0.05) is 10.4 Å². The van der Waals surface area contributed by atoms with E-state index in [1.807, 2.05) is 6.92 Å². The van der Waals surface area contributed by atoms with Crippen molar-refractivity contribution in [2.24, 2.45) is 0 Å². The van der Waals surface area contributed by atoms with Gasteiger partial charge in [0.2, 0.25) is 0 Å². The van der Waals surface area contributed by atoms with E-state index < -0.39 is 5.56 Å². The first-order valence-corrected chi connectivity index (χ1v) is 6.04. The zero-order chi connectivity index (χ0) is 13.6. The van der Waals surface area contributed by atoms with Gasteiger partial charge in [-0.2, -0.15) is 0 Å². The van der Waals surface area contributed by atoms with Gasteiger partial charge in [-0.3, -0.25) is 4.79 Å². The Morgan fingerprint density at radius 3 is 2.79 bits per heavy atom. The second-order valence-electron chi connectivity index (χ2n) is 4.36. The molecule has 0 bridgehead atoms. The highest BCUT2D eigenvalue weighted by Gasteiger charge is 2.16. The molecule has 2 aromatic heterocycles. The molecule has 4 nitrogen and oxygen atoms in total. The highest BCUT2D eigenvalue weighted by molar-refractivity contribution is 6.31. The molecule has 1 aromatic carbocycles. The number of hydrogen-bond acceptors (Lipinski definition) is 3. The van der Waals surface area contributed by atoms with Crippen LogP contribution in [0.15, 0.2) is 39.7 Å². The SMILES string of the molecule is Cc1coc(-c2c(O)c3ccc(Cl)cc3[nH]c2=O)c1. The van der Waals surface area contributed by atoms with E-state index in [1.54, 1.807) is 24.3 Å². The van der Waals surface area contributed by atoms with Crippen molar-refractivity contribution in [3.8, 4) is 17.1 Å². The zero-order valence-corrected chi connectivity index (χ0v) is 10.8. The molecule has 3 aromatic rings. The monoisotopic (exact) mass is 275 g/mol. The van der Waals surface area contributed by atoms with Crippen molar-refractivity contribution in [3.05, 3.63) is 51.5 Å². The number of aryl methyl sites for hydroxylation is 1. The van der Waals surface area contributed by atoms with Crippen molar-refractivity contribution in [2.75, 3.05) is 0 Å². The number of aromatic hydroxyl groups is 1. The summed E-state index contributed by atoms with van der Waals surface area (Å²) in [5, 5.41) is 11.3. The van der Waals surface area contributed by atoms with Crippen LogP contribution >= 0.6 is 11.6 Å². The van der Waals surface area contributed by atoms with E-state index in [2.05, 4.69) is 4.98 Å². The fourth-order valence-corrected chi connectivity index (χ4v) is 2.22.